The molecule has 1 aromatic carbocycles. The highest BCUT2D eigenvalue weighted by Gasteiger charge is 2.22. The Balaban J connectivity index is 2.10. The van der Waals surface area contributed by atoms with Gasteiger partial charge < -0.3 is 14.2 Å². The van der Waals surface area contributed by atoms with Gasteiger partial charge in [0.25, 0.3) is 0 Å². The fraction of sp³-hybridized carbons (Fsp3) is 0.235. The lowest BCUT2D eigenvalue weighted by molar-refractivity contribution is -0.133. The summed E-state index contributed by atoms with van der Waals surface area (Å²) in [5.41, 5.74) is 1.92. The van der Waals surface area contributed by atoms with Crippen molar-refractivity contribution in [1.82, 2.24) is 14.6 Å². The third-order valence-corrected chi connectivity index (χ3v) is 4.82. The number of nitrogens with zero attached hydrogens (tertiary/aromatic N) is 3. The van der Waals surface area contributed by atoms with E-state index in [9.17, 15) is 4.79 Å². The molecule has 0 spiro atoms. The molecule has 0 aliphatic heterocycles. The highest BCUT2D eigenvalue weighted by molar-refractivity contribution is 7.18. The molecule has 0 atom stereocenters. The first-order chi connectivity index (χ1) is 12.1. The third kappa shape index (κ3) is 2.96. The number of hydrogen-bond acceptors (Lipinski definition) is 7. The van der Waals surface area contributed by atoms with E-state index >= 15 is 0 Å². The van der Waals surface area contributed by atoms with E-state index in [2.05, 4.69) is 10.1 Å². The van der Waals surface area contributed by atoms with Crippen molar-refractivity contribution in [1.29, 1.82) is 0 Å². The number of ether oxygens (including phenoxy) is 3. The number of carbonyl (C=O) groups excluding carboxylic acids is 1. The molecular formula is C17H17N3O4S. The van der Waals surface area contributed by atoms with Crippen molar-refractivity contribution in [2.24, 2.45) is 0 Å². The molecule has 0 radical (unpaired) electrons. The fourth-order valence-corrected chi connectivity index (χ4v) is 3.51. The Bertz CT molecular complexity index is 958. The zero-order valence-electron chi connectivity index (χ0n) is 14.3. The number of rotatable bonds is 5. The van der Waals surface area contributed by atoms with Crippen molar-refractivity contribution in [2.75, 3.05) is 21.3 Å². The van der Waals surface area contributed by atoms with E-state index in [1.807, 2.05) is 31.2 Å². The molecule has 3 rings (SSSR count). The molecule has 0 amide bonds. The lowest BCUT2D eigenvalue weighted by Crippen LogP contribution is -2.05. The van der Waals surface area contributed by atoms with E-state index in [1.54, 1.807) is 11.6 Å². The first-order valence-corrected chi connectivity index (χ1v) is 8.23. The standard InChI is InChI=1S/C17H17N3O4S/c1-10-14(12(9-22-2)16(21)24-4)25-17-18-15(19-20(10)17)11-7-5-6-8-13(11)23-3/h5-9H,1-4H3/b12-9+. The van der Waals surface area contributed by atoms with Gasteiger partial charge in [0.05, 0.1) is 43.7 Å². The minimum Gasteiger partial charge on any atom is -0.503 e. The van der Waals surface area contributed by atoms with Crippen LogP contribution in [0.5, 0.6) is 5.75 Å². The zero-order valence-corrected chi connectivity index (χ0v) is 15.1. The van der Waals surface area contributed by atoms with Gasteiger partial charge in [0, 0.05) is 0 Å². The van der Waals surface area contributed by atoms with Gasteiger partial charge in [-0.2, -0.15) is 4.98 Å². The van der Waals surface area contributed by atoms with Crippen molar-refractivity contribution >= 4 is 27.8 Å². The maximum absolute atomic E-state index is 12.0. The van der Waals surface area contributed by atoms with E-state index in [0.717, 1.165) is 11.3 Å². The summed E-state index contributed by atoms with van der Waals surface area (Å²) in [6, 6.07) is 7.56. The van der Waals surface area contributed by atoms with Crippen molar-refractivity contribution < 1.29 is 19.0 Å². The molecule has 7 nitrogen and oxygen atoms in total. The van der Waals surface area contributed by atoms with Gasteiger partial charge in [0.15, 0.2) is 5.82 Å². The Hall–Kier alpha value is -2.87. The Morgan fingerprint density at radius 1 is 1.24 bits per heavy atom. The van der Waals surface area contributed by atoms with Crippen LogP contribution in [-0.2, 0) is 14.3 Å². The van der Waals surface area contributed by atoms with Crippen LogP contribution < -0.4 is 4.74 Å². The maximum atomic E-state index is 12.0. The molecular weight excluding hydrogens is 342 g/mol. The Labute approximate surface area is 148 Å². The number of hydrogen-bond donors (Lipinski definition) is 0. The van der Waals surface area contributed by atoms with Crippen LogP contribution in [0.4, 0.5) is 0 Å². The second-order valence-electron chi connectivity index (χ2n) is 5.11. The minimum absolute atomic E-state index is 0.332. The highest BCUT2D eigenvalue weighted by Crippen LogP contribution is 2.33. The number of para-hydroxylation sites is 1. The van der Waals surface area contributed by atoms with E-state index < -0.39 is 5.97 Å². The van der Waals surface area contributed by atoms with E-state index in [4.69, 9.17) is 14.2 Å². The lowest BCUT2D eigenvalue weighted by Gasteiger charge is -2.05. The van der Waals surface area contributed by atoms with Gasteiger partial charge in [-0.3, -0.25) is 0 Å². The van der Waals surface area contributed by atoms with Crippen molar-refractivity contribution in [3.63, 3.8) is 0 Å². The first-order valence-electron chi connectivity index (χ1n) is 7.42. The average molecular weight is 359 g/mol. The zero-order chi connectivity index (χ0) is 18.0. The summed E-state index contributed by atoms with van der Waals surface area (Å²) in [5.74, 6) is 0.793. The largest absolute Gasteiger partial charge is 0.503 e. The first kappa shape index (κ1) is 17.0. The molecule has 130 valence electrons. The summed E-state index contributed by atoms with van der Waals surface area (Å²) in [4.78, 5) is 17.9. The summed E-state index contributed by atoms with van der Waals surface area (Å²) in [5, 5.41) is 4.56. The molecule has 0 saturated carbocycles. The van der Waals surface area contributed by atoms with Gasteiger partial charge >= 0.3 is 5.97 Å². The summed E-state index contributed by atoms with van der Waals surface area (Å²) < 4.78 is 16.9. The molecule has 2 aromatic heterocycles. The topological polar surface area (TPSA) is 75.0 Å². The lowest BCUT2D eigenvalue weighted by atomic mass is 10.2. The normalized spacial score (nSPS) is 11.6. The van der Waals surface area contributed by atoms with Crippen LogP contribution in [0.25, 0.3) is 21.9 Å². The number of thiazole rings is 1. The summed E-state index contributed by atoms with van der Waals surface area (Å²) >= 11 is 1.34. The quantitative estimate of drug-likeness (QED) is 0.396. The SMILES string of the molecule is CO/C=C(/C(=O)OC)c1sc2nc(-c3ccccc3OC)nn2c1C. The second-order valence-corrected chi connectivity index (χ2v) is 6.08. The van der Waals surface area contributed by atoms with Crippen LogP contribution in [0.1, 0.15) is 10.6 Å². The number of benzene rings is 1. The molecule has 3 aromatic rings. The highest BCUT2D eigenvalue weighted by atomic mass is 32.1. The van der Waals surface area contributed by atoms with Crippen LogP contribution in [0.15, 0.2) is 30.5 Å². The van der Waals surface area contributed by atoms with Gasteiger partial charge in [-0.1, -0.05) is 23.5 Å². The maximum Gasteiger partial charge on any atom is 0.342 e. The molecule has 0 saturated heterocycles. The monoisotopic (exact) mass is 359 g/mol. The molecule has 8 heteroatoms. The molecule has 25 heavy (non-hydrogen) atoms. The predicted molar refractivity (Wildman–Crippen MR) is 94.6 cm³/mol. The summed E-state index contributed by atoms with van der Waals surface area (Å²) in [6.45, 7) is 1.87. The number of aryl methyl sites for hydroxylation is 1. The van der Waals surface area contributed by atoms with E-state index in [1.165, 1.54) is 31.8 Å². The van der Waals surface area contributed by atoms with Crippen LogP contribution in [-0.4, -0.2) is 41.9 Å². The smallest absolute Gasteiger partial charge is 0.342 e. The number of esters is 1. The van der Waals surface area contributed by atoms with Crippen LogP contribution in [0.3, 0.4) is 0 Å². The van der Waals surface area contributed by atoms with Crippen molar-refractivity contribution in [3.8, 4) is 17.1 Å². The van der Waals surface area contributed by atoms with Crippen LogP contribution >= 0.6 is 11.3 Å². The molecule has 0 fully saturated rings. The van der Waals surface area contributed by atoms with Crippen LogP contribution in [0, 0.1) is 6.92 Å². The van der Waals surface area contributed by atoms with Gasteiger partial charge in [0.1, 0.15) is 11.3 Å². The molecule has 2 heterocycles. The van der Waals surface area contributed by atoms with Crippen molar-refractivity contribution in [2.45, 2.75) is 6.92 Å². The van der Waals surface area contributed by atoms with Gasteiger partial charge in [0.2, 0.25) is 4.96 Å². The molecule has 0 aliphatic rings. The molecule has 0 aliphatic carbocycles. The number of carbonyl (C=O) groups is 1. The van der Waals surface area contributed by atoms with Crippen LogP contribution in [0.2, 0.25) is 0 Å². The Morgan fingerprint density at radius 3 is 2.64 bits per heavy atom. The van der Waals surface area contributed by atoms with E-state index in [-0.39, 0.29) is 0 Å². The average Bonchev–Trinajstić information content (AvgIpc) is 3.18. The summed E-state index contributed by atoms with van der Waals surface area (Å²) in [6.07, 6.45) is 1.37. The van der Waals surface area contributed by atoms with Gasteiger partial charge in [-0.15, -0.1) is 5.10 Å². The molecule has 0 unspecified atom stereocenters. The van der Waals surface area contributed by atoms with Gasteiger partial charge in [-0.25, -0.2) is 9.31 Å². The van der Waals surface area contributed by atoms with Crippen molar-refractivity contribution in [3.05, 3.63) is 41.1 Å². The molecule has 0 N–H and O–H groups in total. The predicted octanol–water partition coefficient (Wildman–Crippen LogP) is 2.94. The fourth-order valence-electron chi connectivity index (χ4n) is 2.46. The number of aromatic nitrogens is 3. The second kappa shape index (κ2) is 6.94. The minimum atomic E-state index is -0.473. The number of fused-ring (bicyclic) bond motifs is 1. The van der Waals surface area contributed by atoms with Gasteiger partial charge in [-0.05, 0) is 19.1 Å². The Morgan fingerprint density at radius 2 is 2.00 bits per heavy atom. The summed E-state index contributed by atoms with van der Waals surface area (Å²) in [7, 11) is 4.42. The number of methoxy groups -OCH3 is 3. The third-order valence-electron chi connectivity index (χ3n) is 3.65. The molecule has 0 bridgehead atoms. The van der Waals surface area contributed by atoms with E-state index in [0.29, 0.717) is 27.0 Å². The Kier molecular flexibility index (Phi) is 4.71.